The summed E-state index contributed by atoms with van der Waals surface area (Å²) < 4.78 is 6.18. The third-order valence-electron chi connectivity index (χ3n) is 4.22. The minimum Gasteiger partial charge on any atom is -0.480 e. The Bertz CT molecular complexity index is 943. The summed E-state index contributed by atoms with van der Waals surface area (Å²) >= 11 is 5.96. The van der Waals surface area contributed by atoms with Crippen LogP contribution in [0.4, 0.5) is 0 Å². The van der Waals surface area contributed by atoms with Gasteiger partial charge in [-0.25, -0.2) is 0 Å². The van der Waals surface area contributed by atoms with Crippen LogP contribution in [0.25, 0.3) is 6.08 Å². The zero-order valence-corrected chi connectivity index (χ0v) is 14.1. The van der Waals surface area contributed by atoms with Crippen molar-refractivity contribution in [3.05, 3.63) is 106 Å². The summed E-state index contributed by atoms with van der Waals surface area (Å²) in [5.41, 5.74) is 3.07. The van der Waals surface area contributed by atoms with Crippen molar-refractivity contribution in [3.8, 4) is 5.75 Å². The average molecular weight is 347 g/mol. The smallest absolute Gasteiger partial charge is 0.196 e. The number of Topliss-reactive ketones (excluding diaryl/α,β-unsaturated/α-hetero) is 1. The van der Waals surface area contributed by atoms with Crippen LogP contribution in [-0.4, -0.2) is 5.78 Å². The van der Waals surface area contributed by atoms with Crippen molar-refractivity contribution in [1.29, 1.82) is 0 Å². The predicted octanol–water partition coefficient (Wildman–Crippen LogP) is 5.74. The number of carbonyl (C=O) groups excluding carboxylic acids is 1. The van der Waals surface area contributed by atoms with Crippen LogP contribution in [0.2, 0.25) is 5.02 Å². The van der Waals surface area contributed by atoms with Gasteiger partial charge >= 0.3 is 0 Å². The lowest BCUT2D eigenvalue weighted by Gasteiger charge is -2.28. The minimum atomic E-state index is -0.431. The number of halogens is 1. The highest BCUT2D eigenvalue weighted by molar-refractivity contribution is 6.30. The van der Waals surface area contributed by atoms with Crippen LogP contribution in [0, 0.1) is 0 Å². The van der Waals surface area contributed by atoms with E-state index in [0.29, 0.717) is 21.9 Å². The monoisotopic (exact) mass is 346 g/mol. The van der Waals surface area contributed by atoms with E-state index in [2.05, 4.69) is 0 Å². The molecule has 25 heavy (non-hydrogen) atoms. The first-order chi connectivity index (χ1) is 12.2. The molecule has 122 valence electrons. The fourth-order valence-corrected chi connectivity index (χ4v) is 3.10. The van der Waals surface area contributed by atoms with E-state index in [1.54, 1.807) is 6.07 Å². The molecule has 1 heterocycles. The van der Waals surface area contributed by atoms with Crippen LogP contribution in [0.3, 0.4) is 0 Å². The molecule has 1 aliphatic rings. The first-order valence-electron chi connectivity index (χ1n) is 8.05. The Morgan fingerprint density at radius 2 is 1.52 bits per heavy atom. The zero-order chi connectivity index (χ0) is 17.2. The van der Waals surface area contributed by atoms with E-state index in [0.717, 1.165) is 11.1 Å². The largest absolute Gasteiger partial charge is 0.480 e. The van der Waals surface area contributed by atoms with Crippen LogP contribution in [0.5, 0.6) is 5.75 Å². The number of para-hydroxylation sites is 1. The molecule has 0 saturated carbocycles. The van der Waals surface area contributed by atoms with Crippen molar-refractivity contribution in [2.24, 2.45) is 0 Å². The number of ketones is 1. The van der Waals surface area contributed by atoms with Gasteiger partial charge in [-0.15, -0.1) is 0 Å². The van der Waals surface area contributed by atoms with E-state index in [1.165, 1.54) is 0 Å². The molecule has 1 aliphatic heterocycles. The summed E-state index contributed by atoms with van der Waals surface area (Å²) in [5.74, 6) is 0.611. The summed E-state index contributed by atoms with van der Waals surface area (Å²) in [5, 5.41) is 0.665. The first-order valence-corrected chi connectivity index (χ1v) is 8.42. The van der Waals surface area contributed by atoms with E-state index in [9.17, 15) is 4.79 Å². The lowest BCUT2D eigenvalue weighted by atomic mass is 9.89. The molecular weight excluding hydrogens is 332 g/mol. The van der Waals surface area contributed by atoms with Crippen LogP contribution in [0.15, 0.2) is 84.4 Å². The fourth-order valence-electron chi connectivity index (χ4n) is 2.98. The standard InChI is InChI=1S/C22H15ClO2/c23-17-12-10-15(11-13-17)14-19-21(24)18-8-4-5-9-20(18)25-22(19)16-6-2-1-3-7-16/h1-14,22H/t22-/m0/s1. The van der Waals surface area contributed by atoms with Crippen molar-refractivity contribution in [2.45, 2.75) is 6.10 Å². The molecule has 3 aromatic carbocycles. The van der Waals surface area contributed by atoms with Gasteiger partial charge in [0.2, 0.25) is 0 Å². The van der Waals surface area contributed by atoms with Crippen molar-refractivity contribution in [1.82, 2.24) is 0 Å². The molecule has 0 aliphatic carbocycles. The summed E-state index contributed by atoms with van der Waals surface area (Å²) in [6, 6.07) is 24.6. The van der Waals surface area contributed by atoms with Gasteiger partial charge < -0.3 is 4.74 Å². The molecule has 0 aromatic heterocycles. The summed E-state index contributed by atoms with van der Waals surface area (Å²) in [7, 11) is 0. The summed E-state index contributed by atoms with van der Waals surface area (Å²) in [6.45, 7) is 0. The SMILES string of the molecule is O=C1C(=Cc2ccc(Cl)cc2)[C@H](c2ccccc2)Oc2ccccc21. The average Bonchev–Trinajstić information content (AvgIpc) is 2.66. The third kappa shape index (κ3) is 3.09. The van der Waals surface area contributed by atoms with E-state index >= 15 is 0 Å². The Hall–Kier alpha value is -2.84. The second-order valence-corrected chi connectivity index (χ2v) is 6.32. The molecule has 0 N–H and O–H groups in total. The lowest BCUT2D eigenvalue weighted by Crippen LogP contribution is -2.23. The van der Waals surface area contributed by atoms with Gasteiger partial charge in [-0.05, 0) is 41.5 Å². The van der Waals surface area contributed by atoms with Gasteiger partial charge in [0, 0.05) is 10.6 Å². The molecule has 2 nitrogen and oxygen atoms in total. The van der Waals surface area contributed by atoms with Gasteiger partial charge in [0.05, 0.1) is 5.56 Å². The number of carbonyl (C=O) groups is 1. The van der Waals surface area contributed by atoms with Crippen LogP contribution >= 0.6 is 11.6 Å². The van der Waals surface area contributed by atoms with E-state index in [-0.39, 0.29) is 5.78 Å². The number of rotatable bonds is 2. The molecule has 0 spiro atoms. The van der Waals surface area contributed by atoms with Crippen molar-refractivity contribution in [2.75, 3.05) is 0 Å². The minimum absolute atomic E-state index is 0.00865. The van der Waals surface area contributed by atoms with Gasteiger partial charge in [-0.3, -0.25) is 4.79 Å². The third-order valence-corrected chi connectivity index (χ3v) is 4.47. The molecule has 0 saturated heterocycles. The van der Waals surface area contributed by atoms with E-state index < -0.39 is 6.10 Å². The van der Waals surface area contributed by atoms with Gasteiger partial charge in [0.25, 0.3) is 0 Å². The number of hydrogen-bond donors (Lipinski definition) is 0. The molecule has 0 radical (unpaired) electrons. The quantitative estimate of drug-likeness (QED) is 0.553. The Kier molecular flexibility index (Phi) is 4.12. The molecular formula is C22H15ClO2. The first kappa shape index (κ1) is 15.7. The van der Waals surface area contributed by atoms with E-state index in [1.807, 2.05) is 78.9 Å². The van der Waals surface area contributed by atoms with Crippen molar-refractivity contribution < 1.29 is 9.53 Å². The topological polar surface area (TPSA) is 26.3 Å². The molecule has 3 heteroatoms. The molecule has 0 bridgehead atoms. The normalized spacial score (nSPS) is 17.9. The van der Waals surface area contributed by atoms with Gasteiger partial charge in [0.15, 0.2) is 11.9 Å². The second-order valence-electron chi connectivity index (χ2n) is 5.89. The van der Waals surface area contributed by atoms with E-state index in [4.69, 9.17) is 16.3 Å². The highest BCUT2D eigenvalue weighted by Gasteiger charge is 2.32. The van der Waals surface area contributed by atoms with Crippen molar-refractivity contribution in [3.63, 3.8) is 0 Å². The summed E-state index contributed by atoms with van der Waals surface area (Å²) in [4.78, 5) is 13.1. The van der Waals surface area contributed by atoms with Crippen LogP contribution in [0.1, 0.15) is 27.6 Å². The Morgan fingerprint density at radius 3 is 2.28 bits per heavy atom. The van der Waals surface area contributed by atoms with Crippen LogP contribution < -0.4 is 4.74 Å². The summed E-state index contributed by atoms with van der Waals surface area (Å²) in [6.07, 6.45) is 1.45. The molecule has 4 rings (SSSR count). The Labute approximate surface area is 151 Å². The van der Waals surface area contributed by atoms with Gasteiger partial charge in [-0.1, -0.05) is 66.2 Å². The number of ether oxygens (including phenoxy) is 1. The Morgan fingerprint density at radius 1 is 0.840 bits per heavy atom. The number of fused-ring (bicyclic) bond motifs is 1. The molecule has 0 fully saturated rings. The highest BCUT2D eigenvalue weighted by Crippen LogP contribution is 2.39. The predicted molar refractivity (Wildman–Crippen MR) is 100 cm³/mol. The highest BCUT2D eigenvalue weighted by atomic mass is 35.5. The molecule has 1 atom stereocenters. The number of hydrogen-bond acceptors (Lipinski definition) is 2. The van der Waals surface area contributed by atoms with Gasteiger partial charge in [0.1, 0.15) is 5.75 Å². The van der Waals surface area contributed by atoms with Crippen LogP contribution in [-0.2, 0) is 0 Å². The zero-order valence-electron chi connectivity index (χ0n) is 13.4. The molecule has 0 amide bonds. The maximum absolute atomic E-state index is 13.1. The fraction of sp³-hybridized carbons (Fsp3) is 0.0455. The lowest BCUT2D eigenvalue weighted by molar-refractivity contribution is 0.0963. The molecule has 3 aromatic rings. The maximum Gasteiger partial charge on any atom is 0.196 e. The van der Waals surface area contributed by atoms with Gasteiger partial charge in [-0.2, -0.15) is 0 Å². The number of benzene rings is 3. The van der Waals surface area contributed by atoms with Crippen molar-refractivity contribution >= 4 is 23.5 Å². The maximum atomic E-state index is 13.1. The second kappa shape index (κ2) is 6.58. The molecule has 0 unspecified atom stereocenters. The Balaban J connectivity index is 1.85.